The third kappa shape index (κ3) is 3.69. The van der Waals surface area contributed by atoms with Crippen LogP contribution in [-0.2, 0) is 4.79 Å². The monoisotopic (exact) mass is 307 g/mol. The van der Waals surface area contributed by atoms with E-state index in [-0.39, 0.29) is 12.5 Å². The number of carbonyl (C=O) groups is 2. The van der Waals surface area contributed by atoms with Crippen molar-refractivity contribution in [3.05, 3.63) is 28.3 Å². The van der Waals surface area contributed by atoms with Crippen molar-refractivity contribution >= 4 is 23.2 Å². The molecule has 0 saturated heterocycles. The van der Waals surface area contributed by atoms with Crippen LogP contribution in [0.5, 0.6) is 0 Å². The number of rotatable bonds is 6. The van der Waals surface area contributed by atoms with E-state index in [9.17, 15) is 9.59 Å². The highest BCUT2D eigenvalue weighted by Gasteiger charge is 2.19. The fraction of sp³-hybridized carbons (Fsp3) is 0.357. The molecular formula is C14H17N3O3S. The smallest absolute Gasteiger partial charge is 0.323 e. The molecule has 0 atom stereocenters. The van der Waals surface area contributed by atoms with E-state index in [1.807, 2.05) is 19.2 Å². The van der Waals surface area contributed by atoms with Gasteiger partial charge < -0.3 is 15.0 Å². The first-order chi connectivity index (χ1) is 10.0. The molecule has 0 unspecified atom stereocenters. The van der Waals surface area contributed by atoms with E-state index >= 15 is 0 Å². The minimum absolute atomic E-state index is 0.295. The van der Waals surface area contributed by atoms with Gasteiger partial charge in [-0.3, -0.25) is 9.59 Å². The zero-order chi connectivity index (χ0) is 15.4. The first-order valence-corrected chi connectivity index (χ1v) is 7.51. The van der Waals surface area contributed by atoms with Crippen molar-refractivity contribution in [2.45, 2.75) is 20.3 Å². The Morgan fingerprint density at radius 1 is 1.48 bits per heavy atom. The van der Waals surface area contributed by atoms with Crippen LogP contribution in [-0.4, -0.2) is 44.9 Å². The molecule has 0 aliphatic heterocycles. The summed E-state index contributed by atoms with van der Waals surface area (Å²) in [7, 11) is 0. The first-order valence-electron chi connectivity index (χ1n) is 6.63. The highest BCUT2D eigenvalue weighted by molar-refractivity contribution is 7.09. The van der Waals surface area contributed by atoms with Crippen molar-refractivity contribution in [3.8, 4) is 11.3 Å². The van der Waals surface area contributed by atoms with Crippen LogP contribution in [0.25, 0.3) is 11.3 Å². The summed E-state index contributed by atoms with van der Waals surface area (Å²) in [6.07, 6.45) is 2.42. The van der Waals surface area contributed by atoms with Crippen LogP contribution in [0.4, 0.5) is 0 Å². The number of nitrogens with one attached hydrogen (secondary N) is 1. The molecule has 6 nitrogen and oxygen atoms in total. The van der Waals surface area contributed by atoms with Gasteiger partial charge >= 0.3 is 5.97 Å². The van der Waals surface area contributed by atoms with Gasteiger partial charge in [0.05, 0.1) is 10.7 Å². The summed E-state index contributed by atoms with van der Waals surface area (Å²) in [6.45, 7) is 3.94. The number of aromatic amines is 1. The highest BCUT2D eigenvalue weighted by Crippen LogP contribution is 2.22. The molecule has 0 aromatic carbocycles. The lowest BCUT2D eigenvalue weighted by molar-refractivity contribution is -0.137. The summed E-state index contributed by atoms with van der Waals surface area (Å²) in [5.41, 5.74) is 2.02. The number of aromatic nitrogens is 2. The molecule has 7 heteroatoms. The SMILES string of the molecule is CCCN(CC(=O)O)C(=O)c1cc(-c2csc(C)n2)c[nH]1. The zero-order valence-electron chi connectivity index (χ0n) is 11.9. The number of thiazole rings is 1. The maximum absolute atomic E-state index is 12.3. The predicted octanol–water partition coefficient (Wildman–Crippen LogP) is 2.38. The Labute approximate surface area is 126 Å². The molecule has 112 valence electrons. The second-order valence-corrected chi connectivity index (χ2v) is 5.74. The topological polar surface area (TPSA) is 86.3 Å². The fourth-order valence-corrected chi connectivity index (χ4v) is 2.64. The van der Waals surface area contributed by atoms with Crippen LogP contribution < -0.4 is 0 Å². The van der Waals surface area contributed by atoms with Crippen molar-refractivity contribution in [3.63, 3.8) is 0 Å². The van der Waals surface area contributed by atoms with Gasteiger partial charge in [0.15, 0.2) is 0 Å². The predicted molar refractivity (Wildman–Crippen MR) is 80.5 cm³/mol. The van der Waals surface area contributed by atoms with E-state index in [0.29, 0.717) is 18.7 Å². The van der Waals surface area contributed by atoms with Crippen molar-refractivity contribution in [2.24, 2.45) is 0 Å². The lowest BCUT2D eigenvalue weighted by Crippen LogP contribution is -2.36. The van der Waals surface area contributed by atoms with E-state index in [1.165, 1.54) is 4.90 Å². The molecule has 1 amide bonds. The largest absolute Gasteiger partial charge is 0.480 e. The second kappa shape index (κ2) is 6.53. The van der Waals surface area contributed by atoms with Crippen molar-refractivity contribution in [1.82, 2.24) is 14.9 Å². The summed E-state index contributed by atoms with van der Waals surface area (Å²) in [4.78, 5) is 31.8. The van der Waals surface area contributed by atoms with Crippen LogP contribution in [0.15, 0.2) is 17.6 Å². The fourth-order valence-electron chi connectivity index (χ4n) is 2.02. The van der Waals surface area contributed by atoms with Gasteiger partial charge in [-0.05, 0) is 19.4 Å². The Hall–Kier alpha value is -2.15. The molecule has 0 aliphatic rings. The molecular weight excluding hydrogens is 290 g/mol. The third-order valence-electron chi connectivity index (χ3n) is 2.94. The molecule has 2 N–H and O–H groups in total. The average Bonchev–Trinajstić information content (AvgIpc) is 3.05. The van der Waals surface area contributed by atoms with Crippen molar-refractivity contribution < 1.29 is 14.7 Å². The van der Waals surface area contributed by atoms with Gasteiger partial charge in [-0.25, -0.2) is 4.98 Å². The Morgan fingerprint density at radius 3 is 2.81 bits per heavy atom. The maximum atomic E-state index is 12.3. The average molecular weight is 307 g/mol. The number of aliphatic carboxylic acids is 1. The number of aryl methyl sites for hydroxylation is 1. The minimum atomic E-state index is -1.02. The van der Waals surface area contributed by atoms with Crippen LogP contribution in [0.1, 0.15) is 28.8 Å². The van der Waals surface area contributed by atoms with Crippen molar-refractivity contribution in [2.75, 3.05) is 13.1 Å². The summed E-state index contributed by atoms with van der Waals surface area (Å²) in [5.74, 6) is -1.32. The number of carboxylic acids is 1. The second-order valence-electron chi connectivity index (χ2n) is 4.67. The van der Waals surface area contributed by atoms with Crippen molar-refractivity contribution in [1.29, 1.82) is 0 Å². The number of carbonyl (C=O) groups excluding carboxylic acids is 1. The summed E-state index contributed by atoms with van der Waals surface area (Å²) in [6, 6.07) is 1.71. The molecule has 2 heterocycles. The molecule has 2 aromatic heterocycles. The molecule has 0 bridgehead atoms. The first kappa shape index (κ1) is 15.2. The van der Waals surface area contributed by atoms with E-state index in [0.717, 1.165) is 16.3 Å². The van der Waals surface area contributed by atoms with Crippen LogP contribution in [0, 0.1) is 6.92 Å². The standard InChI is InChI=1S/C14H17N3O3S/c1-3-4-17(7-13(18)19)14(20)11-5-10(6-15-11)12-8-21-9(2)16-12/h5-6,8,15H,3-4,7H2,1-2H3,(H,18,19). The molecule has 0 radical (unpaired) electrons. The van der Waals surface area contributed by atoms with Crippen LogP contribution in [0.2, 0.25) is 0 Å². The Balaban J connectivity index is 2.18. The maximum Gasteiger partial charge on any atom is 0.323 e. The van der Waals surface area contributed by atoms with Gasteiger partial charge in [-0.2, -0.15) is 0 Å². The number of hydrogen-bond donors (Lipinski definition) is 2. The summed E-state index contributed by atoms with van der Waals surface area (Å²) in [5, 5.41) is 11.8. The zero-order valence-corrected chi connectivity index (χ0v) is 12.7. The van der Waals surface area contributed by atoms with Gasteiger partial charge in [-0.15, -0.1) is 11.3 Å². The molecule has 0 fully saturated rings. The molecule has 0 saturated carbocycles. The van der Waals surface area contributed by atoms with E-state index in [2.05, 4.69) is 9.97 Å². The minimum Gasteiger partial charge on any atom is -0.480 e. The molecule has 0 aliphatic carbocycles. The normalized spacial score (nSPS) is 10.6. The number of amides is 1. The van der Waals surface area contributed by atoms with E-state index in [1.54, 1.807) is 23.6 Å². The number of hydrogen-bond acceptors (Lipinski definition) is 4. The Kier molecular flexibility index (Phi) is 4.74. The highest BCUT2D eigenvalue weighted by atomic mass is 32.1. The van der Waals surface area contributed by atoms with Crippen LogP contribution >= 0.6 is 11.3 Å². The van der Waals surface area contributed by atoms with Crippen LogP contribution in [0.3, 0.4) is 0 Å². The quantitative estimate of drug-likeness (QED) is 0.858. The summed E-state index contributed by atoms with van der Waals surface area (Å²) >= 11 is 1.54. The number of H-pyrrole nitrogens is 1. The Morgan fingerprint density at radius 2 is 2.24 bits per heavy atom. The van der Waals surface area contributed by atoms with Gasteiger partial charge in [-0.1, -0.05) is 6.92 Å². The van der Waals surface area contributed by atoms with E-state index < -0.39 is 5.97 Å². The number of nitrogens with zero attached hydrogens (tertiary/aromatic N) is 2. The molecule has 2 rings (SSSR count). The third-order valence-corrected chi connectivity index (χ3v) is 3.71. The summed E-state index contributed by atoms with van der Waals surface area (Å²) < 4.78 is 0. The van der Waals surface area contributed by atoms with Gasteiger partial charge in [0, 0.05) is 23.7 Å². The molecule has 2 aromatic rings. The van der Waals surface area contributed by atoms with E-state index in [4.69, 9.17) is 5.11 Å². The lowest BCUT2D eigenvalue weighted by Gasteiger charge is -2.18. The lowest BCUT2D eigenvalue weighted by atomic mass is 10.2. The molecule has 21 heavy (non-hydrogen) atoms. The van der Waals surface area contributed by atoms with Gasteiger partial charge in [0.25, 0.3) is 5.91 Å². The molecule has 0 spiro atoms. The Bertz CT molecular complexity index is 647. The van der Waals surface area contributed by atoms with Gasteiger partial charge in [0.1, 0.15) is 12.2 Å². The number of carboxylic acid groups (broad SMARTS) is 1. The van der Waals surface area contributed by atoms with Gasteiger partial charge in [0.2, 0.25) is 0 Å².